The van der Waals surface area contributed by atoms with Gasteiger partial charge in [0.1, 0.15) is 17.4 Å². The molecule has 0 bridgehead atoms. The highest BCUT2D eigenvalue weighted by Crippen LogP contribution is 2.15. The Bertz CT molecular complexity index is 599. The highest BCUT2D eigenvalue weighted by molar-refractivity contribution is 7.09. The minimum Gasteiger partial charge on any atom is -0.486 e. The third kappa shape index (κ3) is 5.56. The van der Waals surface area contributed by atoms with Crippen LogP contribution in [0.5, 0.6) is 5.75 Å². The first-order valence-corrected chi connectivity index (χ1v) is 9.27. The SMILES string of the molecule is CN(CCN1CCOCC1)Cc1csc(COc2ccccc2)n1. The van der Waals surface area contributed by atoms with E-state index in [1.165, 1.54) is 0 Å². The van der Waals surface area contributed by atoms with Crippen molar-refractivity contribution in [3.63, 3.8) is 0 Å². The predicted octanol–water partition coefficient (Wildman–Crippen LogP) is 2.49. The van der Waals surface area contributed by atoms with Crippen molar-refractivity contribution in [2.45, 2.75) is 13.2 Å². The Labute approximate surface area is 147 Å². The van der Waals surface area contributed by atoms with Gasteiger partial charge in [-0.1, -0.05) is 18.2 Å². The third-order valence-electron chi connectivity index (χ3n) is 4.04. The van der Waals surface area contributed by atoms with Gasteiger partial charge in [0.25, 0.3) is 0 Å². The second-order valence-corrected chi connectivity index (χ2v) is 6.97. The summed E-state index contributed by atoms with van der Waals surface area (Å²) in [4.78, 5) is 9.46. The minimum absolute atomic E-state index is 0.534. The number of benzene rings is 1. The third-order valence-corrected chi connectivity index (χ3v) is 4.91. The van der Waals surface area contributed by atoms with Crippen molar-refractivity contribution in [2.75, 3.05) is 46.4 Å². The van der Waals surface area contributed by atoms with Crippen LogP contribution in [0, 0.1) is 0 Å². The van der Waals surface area contributed by atoms with Gasteiger partial charge in [0.2, 0.25) is 0 Å². The monoisotopic (exact) mass is 347 g/mol. The van der Waals surface area contributed by atoms with E-state index in [2.05, 4.69) is 27.2 Å². The molecule has 130 valence electrons. The Morgan fingerprint density at radius 3 is 2.83 bits per heavy atom. The summed E-state index contributed by atoms with van der Waals surface area (Å²) in [5, 5.41) is 3.16. The highest BCUT2D eigenvalue weighted by atomic mass is 32.1. The van der Waals surface area contributed by atoms with E-state index in [1.807, 2.05) is 30.3 Å². The van der Waals surface area contributed by atoms with E-state index in [9.17, 15) is 0 Å². The average Bonchev–Trinajstić information content (AvgIpc) is 3.07. The summed E-state index contributed by atoms with van der Waals surface area (Å²) in [7, 11) is 2.15. The standard InChI is InChI=1S/C18H25N3O2S/c1-20(7-8-21-9-11-22-12-10-21)13-16-15-24-18(19-16)14-23-17-5-3-2-4-6-17/h2-6,15H,7-14H2,1H3. The molecular formula is C18H25N3O2S. The first kappa shape index (κ1) is 17.4. The number of likely N-dealkylation sites (N-methyl/N-ethyl adjacent to an activating group) is 1. The molecule has 0 radical (unpaired) electrons. The summed E-state index contributed by atoms with van der Waals surface area (Å²) in [5.74, 6) is 0.886. The van der Waals surface area contributed by atoms with Gasteiger partial charge >= 0.3 is 0 Å². The summed E-state index contributed by atoms with van der Waals surface area (Å²) in [5.41, 5.74) is 1.12. The van der Waals surface area contributed by atoms with Gasteiger partial charge in [0.15, 0.2) is 0 Å². The quantitative estimate of drug-likeness (QED) is 0.733. The maximum absolute atomic E-state index is 5.75. The Kier molecular flexibility index (Phi) is 6.60. The molecule has 0 N–H and O–H groups in total. The lowest BCUT2D eigenvalue weighted by Gasteiger charge is -2.28. The predicted molar refractivity (Wildman–Crippen MR) is 96.5 cm³/mol. The topological polar surface area (TPSA) is 37.8 Å². The number of thiazole rings is 1. The largest absolute Gasteiger partial charge is 0.486 e. The molecule has 0 saturated carbocycles. The fourth-order valence-electron chi connectivity index (χ4n) is 2.64. The second-order valence-electron chi connectivity index (χ2n) is 6.03. The van der Waals surface area contributed by atoms with Crippen molar-refractivity contribution >= 4 is 11.3 Å². The first-order chi connectivity index (χ1) is 11.8. The Hall–Kier alpha value is -1.47. The normalized spacial score (nSPS) is 15.8. The van der Waals surface area contributed by atoms with E-state index < -0.39 is 0 Å². The fourth-order valence-corrected chi connectivity index (χ4v) is 3.34. The number of para-hydroxylation sites is 1. The molecule has 24 heavy (non-hydrogen) atoms. The summed E-state index contributed by atoms with van der Waals surface area (Å²) < 4.78 is 11.1. The maximum Gasteiger partial charge on any atom is 0.140 e. The number of nitrogens with zero attached hydrogens (tertiary/aromatic N) is 3. The lowest BCUT2D eigenvalue weighted by molar-refractivity contribution is 0.0341. The Balaban J connectivity index is 1.40. The molecule has 5 nitrogen and oxygen atoms in total. The van der Waals surface area contributed by atoms with Crippen molar-refractivity contribution < 1.29 is 9.47 Å². The van der Waals surface area contributed by atoms with Crippen LogP contribution in [-0.4, -0.2) is 61.2 Å². The molecule has 6 heteroatoms. The molecule has 2 aromatic rings. The molecular weight excluding hydrogens is 322 g/mol. The molecule has 0 atom stereocenters. The van der Waals surface area contributed by atoms with Crippen LogP contribution in [0.15, 0.2) is 35.7 Å². The van der Waals surface area contributed by atoms with Crippen LogP contribution in [-0.2, 0) is 17.9 Å². The second kappa shape index (κ2) is 9.13. The van der Waals surface area contributed by atoms with Gasteiger partial charge in [-0.25, -0.2) is 4.98 Å². The van der Waals surface area contributed by atoms with Gasteiger partial charge in [-0.15, -0.1) is 11.3 Å². The van der Waals surface area contributed by atoms with Gasteiger partial charge < -0.3 is 9.47 Å². The first-order valence-electron chi connectivity index (χ1n) is 8.39. The average molecular weight is 347 g/mol. The number of hydrogen-bond donors (Lipinski definition) is 0. The smallest absolute Gasteiger partial charge is 0.140 e. The lowest BCUT2D eigenvalue weighted by Crippen LogP contribution is -2.40. The van der Waals surface area contributed by atoms with Gasteiger partial charge in [-0.2, -0.15) is 0 Å². The fraction of sp³-hybridized carbons (Fsp3) is 0.500. The number of morpholine rings is 1. The molecule has 1 aliphatic rings. The summed E-state index contributed by atoms with van der Waals surface area (Å²) in [6.45, 7) is 7.37. The molecule has 3 rings (SSSR count). The van der Waals surface area contributed by atoms with Crippen molar-refractivity contribution in [3.05, 3.63) is 46.4 Å². The molecule has 1 aliphatic heterocycles. The number of aromatic nitrogens is 1. The zero-order valence-corrected chi connectivity index (χ0v) is 15.0. The number of rotatable bonds is 8. The van der Waals surface area contributed by atoms with E-state index in [4.69, 9.17) is 9.47 Å². The van der Waals surface area contributed by atoms with Gasteiger partial charge in [-0.05, 0) is 19.2 Å². The molecule has 2 heterocycles. The molecule has 0 amide bonds. The zero-order valence-electron chi connectivity index (χ0n) is 14.2. The maximum atomic E-state index is 5.75. The van der Waals surface area contributed by atoms with Crippen molar-refractivity contribution in [1.82, 2.24) is 14.8 Å². The summed E-state index contributed by atoms with van der Waals surface area (Å²) >= 11 is 1.67. The van der Waals surface area contributed by atoms with Crippen molar-refractivity contribution in [3.8, 4) is 5.75 Å². The zero-order chi connectivity index (χ0) is 16.6. The van der Waals surface area contributed by atoms with Gasteiger partial charge in [0, 0.05) is 38.1 Å². The molecule has 0 spiro atoms. The van der Waals surface area contributed by atoms with Crippen LogP contribution in [0.3, 0.4) is 0 Å². The van der Waals surface area contributed by atoms with Gasteiger partial charge in [0.05, 0.1) is 18.9 Å². The van der Waals surface area contributed by atoms with E-state index in [0.717, 1.165) is 62.4 Å². The molecule has 0 aliphatic carbocycles. The van der Waals surface area contributed by atoms with Crippen molar-refractivity contribution in [1.29, 1.82) is 0 Å². The molecule has 1 aromatic heterocycles. The van der Waals surface area contributed by atoms with E-state index in [0.29, 0.717) is 6.61 Å². The minimum atomic E-state index is 0.534. The van der Waals surface area contributed by atoms with Crippen LogP contribution in [0.25, 0.3) is 0 Å². The van der Waals surface area contributed by atoms with Crippen LogP contribution in [0.2, 0.25) is 0 Å². The number of hydrogen-bond acceptors (Lipinski definition) is 6. The molecule has 1 fully saturated rings. The summed E-state index contributed by atoms with van der Waals surface area (Å²) in [6, 6.07) is 9.88. The van der Waals surface area contributed by atoms with Crippen LogP contribution < -0.4 is 4.74 Å². The Morgan fingerprint density at radius 1 is 1.25 bits per heavy atom. The van der Waals surface area contributed by atoms with Crippen molar-refractivity contribution in [2.24, 2.45) is 0 Å². The molecule has 1 saturated heterocycles. The van der Waals surface area contributed by atoms with E-state index >= 15 is 0 Å². The Morgan fingerprint density at radius 2 is 2.04 bits per heavy atom. The van der Waals surface area contributed by atoms with Crippen LogP contribution >= 0.6 is 11.3 Å². The lowest BCUT2D eigenvalue weighted by atomic mass is 10.3. The highest BCUT2D eigenvalue weighted by Gasteiger charge is 2.12. The summed E-state index contributed by atoms with van der Waals surface area (Å²) in [6.07, 6.45) is 0. The van der Waals surface area contributed by atoms with Crippen LogP contribution in [0.4, 0.5) is 0 Å². The molecule has 0 unspecified atom stereocenters. The van der Waals surface area contributed by atoms with Gasteiger partial charge in [-0.3, -0.25) is 9.80 Å². The van der Waals surface area contributed by atoms with E-state index in [-0.39, 0.29) is 0 Å². The van der Waals surface area contributed by atoms with Crippen LogP contribution in [0.1, 0.15) is 10.7 Å². The molecule has 1 aromatic carbocycles. The number of ether oxygens (including phenoxy) is 2. The van der Waals surface area contributed by atoms with E-state index in [1.54, 1.807) is 11.3 Å².